The molecule has 0 amide bonds. The van der Waals surface area contributed by atoms with Crippen LogP contribution in [0.4, 0.5) is 10.1 Å². The van der Waals surface area contributed by atoms with Crippen molar-refractivity contribution in [3.63, 3.8) is 0 Å². The van der Waals surface area contributed by atoms with Gasteiger partial charge in [0.15, 0.2) is 0 Å². The Hall–Kier alpha value is -1.95. The Bertz CT molecular complexity index is 595. The predicted octanol–water partition coefficient (Wildman–Crippen LogP) is 2.56. The molecule has 1 aliphatic rings. The van der Waals surface area contributed by atoms with Gasteiger partial charge < -0.3 is 15.0 Å². The molecule has 3 rings (SSSR count). The van der Waals surface area contributed by atoms with Gasteiger partial charge >= 0.3 is 0 Å². The summed E-state index contributed by atoms with van der Waals surface area (Å²) in [7, 11) is 1.61. The molecule has 100 valence electrons. The number of hydrogen-bond donors (Lipinski definition) is 1. The summed E-state index contributed by atoms with van der Waals surface area (Å²) in [6.07, 6.45) is 2.01. The third kappa shape index (κ3) is 2.31. The minimum atomic E-state index is -0.440. The number of rotatable bonds is 4. The molecule has 5 nitrogen and oxygen atoms in total. The van der Waals surface area contributed by atoms with E-state index in [4.69, 9.17) is 15.0 Å². The lowest BCUT2D eigenvalue weighted by atomic mass is 10.2. The van der Waals surface area contributed by atoms with Crippen LogP contribution in [0.1, 0.15) is 24.8 Å². The van der Waals surface area contributed by atoms with E-state index in [0.29, 0.717) is 17.4 Å². The Morgan fingerprint density at radius 3 is 2.95 bits per heavy atom. The van der Waals surface area contributed by atoms with Crippen LogP contribution in [-0.2, 0) is 4.74 Å². The van der Waals surface area contributed by atoms with Crippen LogP contribution in [-0.4, -0.2) is 17.3 Å². The van der Waals surface area contributed by atoms with E-state index in [2.05, 4.69) is 10.1 Å². The molecular formula is C13H14FN3O2. The summed E-state index contributed by atoms with van der Waals surface area (Å²) in [5, 5.41) is 3.88. The first-order valence-electron chi connectivity index (χ1n) is 6.11. The van der Waals surface area contributed by atoms with Crippen molar-refractivity contribution >= 4 is 5.69 Å². The quantitative estimate of drug-likeness (QED) is 0.858. The van der Waals surface area contributed by atoms with Gasteiger partial charge in [-0.05, 0) is 37.0 Å². The summed E-state index contributed by atoms with van der Waals surface area (Å²) in [6.45, 7) is 0. The third-order valence-electron chi connectivity index (χ3n) is 3.22. The zero-order valence-corrected chi connectivity index (χ0v) is 10.5. The number of benzene rings is 1. The van der Waals surface area contributed by atoms with Crippen molar-refractivity contribution < 1.29 is 13.7 Å². The number of nitrogens with two attached hydrogens (primary N) is 1. The zero-order valence-electron chi connectivity index (χ0n) is 10.5. The van der Waals surface area contributed by atoms with Gasteiger partial charge in [-0.3, -0.25) is 0 Å². The maximum absolute atomic E-state index is 13.7. The lowest BCUT2D eigenvalue weighted by Gasteiger charge is -2.08. The summed E-state index contributed by atoms with van der Waals surface area (Å²) in [4.78, 5) is 4.22. The highest BCUT2D eigenvalue weighted by atomic mass is 19.1. The Kier molecular flexibility index (Phi) is 2.94. The van der Waals surface area contributed by atoms with E-state index in [0.717, 1.165) is 12.8 Å². The third-order valence-corrected chi connectivity index (χ3v) is 3.22. The molecule has 0 spiro atoms. The molecule has 1 fully saturated rings. The Morgan fingerprint density at radius 2 is 2.26 bits per heavy atom. The highest BCUT2D eigenvalue weighted by Gasteiger charge is 2.35. The van der Waals surface area contributed by atoms with E-state index in [-0.39, 0.29) is 17.6 Å². The molecule has 1 atom stereocenters. The number of aromatic nitrogens is 2. The Balaban J connectivity index is 1.94. The SMILES string of the molecule is COC(c1noc(-c2cc(N)ccc2F)n1)C1CC1. The maximum atomic E-state index is 13.7. The van der Waals surface area contributed by atoms with Crippen molar-refractivity contribution in [1.82, 2.24) is 10.1 Å². The summed E-state index contributed by atoms with van der Waals surface area (Å²) in [5.41, 5.74) is 6.29. The van der Waals surface area contributed by atoms with Gasteiger partial charge in [-0.2, -0.15) is 4.98 Å². The number of halogens is 1. The second kappa shape index (κ2) is 4.62. The van der Waals surface area contributed by atoms with Gasteiger partial charge in [0, 0.05) is 12.8 Å². The van der Waals surface area contributed by atoms with Gasteiger partial charge in [-0.1, -0.05) is 5.16 Å². The standard InChI is InChI=1S/C13H14FN3O2/c1-18-11(7-2-3-7)12-16-13(19-17-12)9-6-8(15)4-5-10(9)14/h4-7,11H,2-3,15H2,1H3. The first-order chi connectivity index (χ1) is 9.19. The minimum Gasteiger partial charge on any atom is -0.399 e. The molecule has 0 bridgehead atoms. The molecule has 2 N–H and O–H groups in total. The lowest BCUT2D eigenvalue weighted by molar-refractivity contribution is 0.0751. The fourth-order valence-corrected chi connectivity index (χ4v) is 2.07. The van der Waals surface area contributed by atoms with E-state index in [1.807, 2.05) is 0 Å². The van der Waals surface area contributed by atoms with E-state index in [9.17, 15) is 4.39 Å². The van der Waals surface area contributed by atoms with Gasteiger partial charge in [0.2, 0.25) is 5.82 Å². The number of anilines is 1. The van der Waals surface area contributed by atoms with Gasteiger partial charge in [-0.25, -0.2) is 4.39 Å². The second-order valence-electron chi connectivity index (χ2n) is 4.69. The zero-order chi connectivity index (χ0) is 13.4. The minimum absolute atomic E-state index is 0.127. The fraction of sp³-hybridized carbons (Fsp3) is 0.385. The fourth-order valence-electron chi connectivity index (χ4n) is 2.07. The average molecular weight is 263 g/mol. The average Bonchev–Trinajstić information content (AvgIpc) is 3.11. The summed E-state index contributed by atoms with van der Waals surface area (Å²) in [6, 6.07) is 4.24. The van der Waals surface area contributed by atoms with Crippen LogP contribution in [0.15, 0.2) is 22.7 Å². The maximum Gasteiger partial charge on any atom is 0.261 e. The van der Waals surface area contributed by atoms with Gasteiger partial charge in [-0.15, -0.1) is 0 Å². The molecule has 1 aromatic heterocycles. The Labute approximate surface area is 109 Å². The largest absolute Gasteiger partial charge is 0.399 e. The van der Waals surface area contributed by atoms with Gasteiger partial charge in [0.25, 0.3) is 5.89 Å². The van der Waals surface area contributed by atoms with Crippen molar-refractivity contribution in [3.05, 3.63) is 29.8 Å². The summed E-state index contributed by atoms with van der Waals surface area (Å²) in [5.74, 6) is 0.579. The summed E-state index contributed by atoms with van der Waals surface area (Å²) < 4.78 is 24.2. The molecule has 0 saturated heterocycles. The molecule has 1 unspecified atom stereocenters. The molecule has 6 heteroatoms. The second-order valence-corrected chi connectivity index (χ2v) is 4.69. The van der Waals surface area contributed by atoms with E-state index < -0.39 is 5.82 Å². The molecule has 0 aliphatic heterocycles. The summed E-state index contributed by atoms with van der Waals surface area (Å²) >= 11 is 0. The number of ether oxygens (including phenoxy) is 1. The van der Waals surface area contributed by atoms with Crippen molar-refractivity contribution in [2.24, 2.45) is 5.92 Å². The molecule has 2 aromatic rings. The van der Waals surface area contributed by atoms with E-state index >= 15 is 0 Å². The smallest absolute Gasteiger partial charge is 0.261 e. The number of methoxy groups -OCH3 is 1. The van der Waals surface area contributed by atoms with Gasteiger partial charge in [0.05, 0.1) is 5.56 Å². The number of nitrogen functional groups attached to an aromatic ring is 1. The normalized spacial score (nSPS) is 16.5. The van der Waals surface area contributed by atoms with Gasteiger partial charge in [0.1, 0.15) is 11.9 Å². The molecule has 19 heavy (non-hydrogen) atoms. The van der Waals surface area contributed by atoms with Crippen molar-refractivity contribution in [3.8, 4) is 11.5 Å². The first kappa shape index (κ1) is 12.1. The lowest BCUT2D eigenvalue weighted by Crippen LogP contribution is -2.05. The van der Waals surface area contributed by atoms with Crippen LogP contribution < -0.4 is 5.73 Å². The highest BCUT2D eigenvalue weighted by molar-refractivity contribution is 5.60. The van der Waals surface area contributed by atoms with Crippen LogP contribution in [0.2, 0.25) is 0 Å². The van der Waals surface area contributed by atoms with Crippen LogP contribution in [0, 0.1) is 11.7 Å². The van der Waals surface area contributed by atoms with Crippen molar-refractivity contribution in [2.45, 2.75) is 18.9 Å². The highest BCUT2D eigenvalue weighted by Crippen LogP contribution is 2.42. The Morgan fingerprint density at radius 1 is 1.47 bits per heavy atom. The van der Waals surface area contributed by atoms with E-state index in [1.54, 1.807) is 7.11 Å². The van der Waals surface area contributed by atoms with E-state index in [1.165, 1.54) is 18.2 Å². The molecule has 1 saturated carbocycles. The van der Waals surface area contributed by atoms with Crippen molar-refractivity contribution in [1.29, 1.82) is 0 Å². The van der Waals surface area contributed by atoms with Crippen LogP contribution in [0.3, 0.4) is 0 Å². The van der Waals surface area contributed by atoms with Crippen LogP contribution >= 0.6 is 0 Å². The van der Waals surface area contributed by atoms with Crippen LogP contribution in [0.25, 0.3) is 11.5 Å². The van der Waals surface area contributed by atoms with Crippen LogP contribution in [0.5, 0.6) is 0 Å². The monoisotopic (exact) mass is 263 g/mol. The topological polar surface area (TPSA) is 74.2 Å². The molecule has 1 heterocycles. The molecule has 1 aliphatic carbocycles. The number of nitrogens with zero attached hydrogens (tertiary/aromatic N) is 2. The number of hydrogen-bond acceptors (Lipinski definition) is 5. The van der Waals surface area contributed by atoms with Crippen molar-refractivity contribution in [2.75, 3.05) is 12.8 Å². The molecule has 0 radical (unpaired) electrons. The molecular weight excluding hydrogens is 249 g/mol. The predicted molar refractivity (Wildman–Crippen MR) is 66.6 cm³/mol. The first-order valence-corrected chi connectivity index (χ1v) is 6.11. The molecule has 1 aromatic carbocycles.